The van der Waals surface area contributed by atoms with Crippen LogP contribution in [-0.4, -0.2) is 37.6 Å². The molecule has 0 spiro atoms. The van der Waals surface area contributed by atoms with Crippen molar-refractivity contribution in [2.24, 2.45) is 0 Å². The van der Waals surface area contributed by atoms with Gasteiger partial charge in [0, 0.05) is 17.8 Å². The second-order valence-corrected chi connectivity index (χ2v) is 8.01. The van der Waals surface area contributed by atoms with E-state index in [4.69, 9.17) is 9.57 Å². The number of carbonyl (C=O) groups excluding carboxylic acids is 1. The molecule has 0 unspecified atom stereocenters. The SMILES string of the molecule is CC(C)(C)OC(=O)COn1ccc2ccc(S(C)(=O)=O)cc21. The zero-order valence-electron chi connectivity index (χ0n) is 13.0. The van der Waals surface area contributed by atoms with Crippen molar-refractivity contribution in [2.45, 2.75) is 31.3 Å². The normalized spacial score (nSPS) is 12.4. The summed E-state index contributed by atoms with van der Waals surface area (Å²) in [5, 5.41) is 0.816. The van der Waals surface area contributed by atoms with Crippen LogP contribution in [0.2, 0.25) is 0 Å². The van der Waals surface area contributed by atoms with Crippen molar-refractivity contribution in [3.05, 3.63) is 30.5 Å². The molecule has 0 fully saturated rings. The molecule has 2 rings (SSSR count). The molecule has 0 saturated heterocycles. The summed E-state index contributed by atoms with van der Waals surface area (Å²) >= 11 is 0. The molecule has 7 heteroatoms. The number of sulfone groups is 1. The molecule has 1 aromatic heterocycles. The van der Waals surface area contributed by atoms with Gasteiger partial charge in [0.25, 0.3) is 0 Å². The van der Waals surface area contributed by atoms with E-state index in [1.165, 1.54) is 16.9 Å². The van der Waals surface area contributed by atoms with Crippen molar-refractivity contribution in [3.8, 4) is 0 Å². The fourth-order valence-electron chi connectivity index (χ4n) is 1.92. The van der Waals surface area contributed by atoms with Crippen molar-refractivity contribution >= 4 is 26.7 Å². The lowest BCUT2D eigenvalue weighted by Gasteiger charge is -2.19. The highest BCUT2D eigenvalue weighted by atomic mass is 32.2. The van der Waals surface area contributed by atoms with Gasteiger partial charge in [-0.15, -0.1) is 0 Å². The van der Waals surface area contributed by atoms with E-state index in [1.807, 2.05) is 0 Å². The van der Waals surface area contributed by atoms with E-state index in [9.17, 15) is 13.2 Å². The predicted molar refractivity (Wildman–Crippen MR) is 82.3 cm³/mol. The van der Waals surface area contributed by atoms with Gasteiger partial charge >= 0.3 is 5.97 Å². The number of aromatic nitrogens is 1. The van der Waals surface area contributed by atoms with Crippen LogP contribution in [0.25, 0.3) is 10.9 Å². The first-order chi connectivity index (χ1) is 10.1. The zero-order valence-corrected chi connectivity index (χ0v) is 13.8. The molecule has 0 atom stereocenters. The average Bonchev–Trinajstić information content (AvgIpc) is 2.75. The number of carbonyl (C=O) groups is 1. The predicted octanol–water partition coefficient (Wildman–Crippen LogP) is 1.82. The van der Waals surface area contributed by atoms with Crippen LogP contribution in [0, 0.1) is 0 Å². The number of hydrogen-bond acceptors (Lipinski definition) is 5. The maximum atomic E-state index is 11.7. The molecule has 1 aromatic carbocycles. The highest BCUT2D eigenvalue weighted by molar-refractivity contribution is 7.90. The number of hydrogen-bond donors (Lipinski definition) is 0. The highest BCUT2D eigenvalue weighted by Gasteiger charge is 2.17. The quantitative estimate of drug-likeness (QED) is 0.802. The summed E-state index contributed by atoms with van der Waals surface area (Å²) in [5.74, 6) is -0.492. The Bertz CT molecular complexity index is 799. The Morgan fingerprint density at radius 3 is 2.50 bits per heavy atom. The summed E-state index contributed by atoms with van der Waals surface area (Å²) in [7, 11) is -3.30. The van der Waals surface area contributed by atoms with Gasteiger partial charge in [0.2, 0.25) is 6.61 Å². The van der Waals surface area contributed by atoms with E-state index >= 15 is 0 Å². The van der Waals surface area contributed by atoms with Crippen LogP contribution in [0.1, 0.15) is 20.8 Å². The Morgan fingerprint density at radius 2 is 1.91 bits per heavy atom. The van der Waals surface area contributed by atoms with Gasteiger partial charge in [-0.25, -0.2) is 13.2 Å². The molecule has 2 aromatic rings. The van der Waals surface area contributed by atoms with E-state index in [2.05, 4.69) is 0 Å². The maximum Gasteiger partial charge on any atom is 0.347 e. The molecular weight excluding hydrogens is 306 g/mol. The number of rotatable bonds is 4. The van der Waals surface area contributed by atoms with Gasteiger partial charge in [-0.1, -0.05) is 6.07 Å². The summed E-state index contributed by atoms with van der Waals surface area (Å²) < 4.78 is 29.7. The zero-order chi connectivity index (χ0) is 16.5. The van der Waals surface area contributed by atoms with E-state index in [1.54, 1.807) is 39.1 Å². The molecule has 120 valence electrons. The Morgan fingerprint density at radius 1 is 1.23 bits per heavy atom. The monoisotopic (exact) mass is 325 g/mol. The van der Waals surface area contributed by atoms with Gasteiger partial charge in [0.1, 0.15) is 5.60 Å². The van der Waals surface area contributed by atoms with Crippen molar-refractivity contribution in [2.75, 3.05) is 12.9 Å². The third-order valence-electron chi connectivity index (χ3n) is 2.80. The third kappa shape index (κ3) is 4.00. The summed E-state index contributed by atoms with van der Waals surface area (Å²) in [5.41, 5.74) is -0.00525. The Balaban J connectivity index is 2.20. The van der Waals surface area contributed by atoms with Crippen molar-refractivity contribution in [1.29, 1.82) is 0 Å². The van der Waals surface area contributed by atoms with Crippen LogP contribution in [0.5, 0.6) is 0 Å². The Kier molecular flexibility index (Phi) is 4.19. The summed E-state index contributed by atoms with van der Waals surface area (Å²) in [4.78, 5) is 17.2. The van der Waals surface area contributed by atoms with E-state index in [0.717, 1.165) is 11.6 Å². The molecule has 0 amide bonds. The van der Waals surface area contributed by atoms with Gasteiger partial charge in [0.05, 0.1) is 10.4 Å². The molecule has 0 bridgehead atoms. The summed E-state index contributed by atoms with van der Waals surface area (Å²) in [6.07, 6.45) is 2.77. The van der Waals surface area contributed by atoms with Gasteiger partial charge in [0.15, 0.2) is 9.84 Å². The highest BCUT2D eigenvalue weighted by Crippen LogP contribution is 2.19. The summed E-state index contributed by atoms with van der Waals surface area (Å²) in [6.45, 7) is 5.06. The lowest BCUT2D eigenvalue weighted by atomic mass is 10.2. The van der Waals surface area contributed by atoms with Crippen LogP contribution in [0.15, 0.2) is 35.4 Å². The van der Waals surface area contributed by atoms with Crippen LogP contribution in [0.4, 0.5) is 0 Å². The minimum absolute atomic E-state index is 0.195. The largest absolute Gasteiger partial charge is 0.457 e. The topological polar surface area (TPSA) is 74.6 Å². The minimum Gasteiger partial charge on any atom is -0.457 e. The lowest BCUT2D eigenvalue weighted by Crippen LogP contribution is -2.29. The van der Waals surface area contributed by atoms with Crippen molar-refractivity contribution in [3.63, 3.8) is 0 Å². The molecular formula is C15H19NO5S. The van der Waals surface area contributed by atoms with Crippen LogP contribution in [0.3, 0.4) is 0 Å². The molecule has 0 radical (unpaired) electrons. The van der Waals surface area contributed by atoms with E-state index in [0.29, 0.717) is 5.52 Å². The Hall–Kier alpha value is -2.02. The fourth-order valence-corrected chi connectivity index (χ4v) is 2.56. The number of esters is 1. The minimum atomic E-state index is -3.30. The number of fused-ring (bicyclic) bond motifs is 1. The molecule has 0 aliphatic rings. The second kappa shape index (κ2) is 5.64. The van der Waals surface area contributed by atoms with E-state index < -0.39 is 21.4 Å². The van der Waals surface area contributed by atoms with Gasteiger partial charge < -0.3 is 9.57 Å². The fraction of sp³-hybridized carbons (Fsp3) is 0.400. The molecule has 1 heterocycles. The van der Waals surface area contributed by atoms with Crippen LogP contribution in [-0.2, 0) is 19.4 Å². The summed E-state index contributed by atoms with van der Waals surface area (Å²) in [6, 6.07) is 6.52. The molecule has 0 aliphatic carbocycles. The van der Waals surface area contributed by atoms with Gasteiger partial charge in [-0.3, -0.25) is 0 Å². The third-order valence-corrected chi connectivity index (χ3v) is 3.91. The molecule has 0 saturated carbocycles. The van der Waals surface area contributed by atoms with Crippen molar-refractivity contribution < 1.29 is 22.8 Å². The number of nitrogens with zero attached hydrogens (tertiary/aromatic N) is 1. The molecule has 22 heavy (non-hydrogen) atoms. The first kappa shape index (κ1) is 16.4. The average molecular weight is 325 g/mol. The van der Waals surface area contributed by atoms with Gasteiger partial charge in [-0.05, 0) is 39.0 Å². The first-order valence-electron chi connectivity index (χ1n) is 6.72. The Labute approximate surface area is 129 Å². The molecule has 0 aliphatic heterocycles. The van der Waals surface area contributed by atoms with Crippen LogP contribution < -0.4 is 4.84 Å². The number of benzene rings is 1. The van der Waals surface area contributed by atoms with E-state index in [-0.39, 0.29) is 11.5 Å². The molecule has 6 nitrogen and oxygen atoms in total. The lowest BCUT2D eigenvalue weighted by molar-refractivity contribution is -0.160. The molecule has 0 N–H and O–H groups in total. The standard InChI is InChI=1S/C15H19NO5S/c1-15(2,3)21-14(17)10-20-16-8-7-11-5-6-12(9-13(11)16)22(4,18)19/h5-9H,10H2,1-4H3. The first-order valence-corrected chi connectivity index (χ1v) is 8.62. The van der Waals surface area contributed by atoms with Gasteiger partial charge in [-0.2, -0.15) is 4.73 Å². The maximum absolute atomic E-state index is 11.7. The smallest absolute Gasteiger partial charge is 0.347 e. The van der Waals surface area contributed by atoms with Crippen LogP contribution >= 0.6 is 0 Å². The second-order valence-electron chi connectivity index (χ2n) is 5.99. The number of ether oxygens (including phenoxy) is 1. The van der Waals surface area contributed by atoms with Crippen molar-refractivity contribution in [1.82, 2.24) is 4.73 Å².